The number of esters is 1. The molecule has 8 atom stereocenters. The molecule has 0 bridgehead atoms. The monoisotopic (exact) mass is 836 g/mol. The van der Waals surface area contributed by atoms with E-state index >= 15 is 0 Å². The fourth-order valence-electron chi connectivity index (χ4n) is 7.30. The summed E-state index contributed by atoms with van der Waals surface area (Å²) in [5.74, 6) is -4.72. The van der Waals surface area contributed by atoms with E-state index in [0.717, 1.165) is 0 Å². The van der Waals surface area contributed by atoms with E-state index < -0.39 is 78.3 Å². The second kappa shape index (κ2) is 20.6. The molecule has 60 heavy (non-hydrogen) atoms. The van der Waals surface area contributed by atoms with Gasteiger partial charge in [0, 0.05) is 36.4 Å². The number of Topliss-reactive ketones (excluding diaryl/α,β-unsaturated/α-hetero) is 1. The lowest BCUT2D eigenvalue weighted by atomic mass is 9.68. The van der Waals surface area contributed by atoms with Crippen molar-refractivity contribution < 1.29 is 72.8 Å². The number of nitrogens with one attached hydrogen (secondary N) is 2. The number of carbonyl (C=O) groups excluding carboxylic acids is 4. The molecule has 0 saturated carbocycles. The van der Waals surface area contributed by atoms with Crippen LogP contribution >= 0.6 is 0 Å². The Balaban J connectivity index is 1.35. The Labute approximate surface area is 347 Å². The minimum Gasteiger partial charge on any atom is -0.497 e. The van der Waals surface area contributed by atoms with Crippen molar-refractivity contribution in [2.45, 2.75) is 62.0 Å². The minimum atomic E-state index is -2.11. The van der Waals surface area contributed by atoms with Gasteiger partial charge in [-0.1, -0.05) is 48.5 Å². The number of fused-ring (bicyclic) bond motifs is 1. The number of unbranched alkanes of at least 4 members (excludes halogenated alkanes) is 1. The zero-order valence-corrected chi connectivity index (χ0v) is 34.0. The van der Waals surface area contributed by atoms with Crippen molar-refractivity contribution >= 4 is 23.6 Å². The molecule has 2 aliphatic heterocycles. The molecule has 6 N–H and O–H groups in total. The smallest absolute Gasteiger partial charge is 0.355 e. The van der Waals surface area contributed by atoms with Gasteiger partial charge in [-0.15, -0.1) is 0 Å². The summed E-state index contributed by atoms with van der Waals surface area (Å²) in [7, 11) is 5.48. The summed E-state index contributed by atoms with van der Waals surface area (Å²) in [6.07, 6.45) is -4.90. The van der Waals surface area contributed by atoms with Crippen LogP contribution in [0.3, 0.4) is 0 Å². The van der Waals surface area contributed by atoms with Gasteiger partial charge in [-0.2, -0.15) is 0 Å². The Kier molecular flexibility index (Phi) is 15.6. The van der Waals surface area contributed by atoms with Gasteiger partial charge in [0.25, 0.3) is 0 Å². The summed E-state index contributed by atoms with van der Waals surface area (Å²) in [6, 6.07) is 18.1. The summed E-state index contributed by atoms with van der Waals surface area (Å²) in [4.78, 5) is 56.7. The summed E-state index contributed by atoms with van der Waals surface area (Å²) in [5, 5.41) is 45.1. The zero-order valence-electron chi connectivity index (χ0n) is 34.0. The van der Waals surface area contributed by atoms with Gasteiger partial charge in [0.05, 0.1) is 47.6 Å². The number of aliphatic hydroxyl groups excluding tert-OH is 4. The average Bonchev–Trinajstić information content (AvgIpc) is 3.39. The second-order valence-electron chi connectivity index (χ2n) is 14.2. The first kappa shape index (κ1) is 45.5. The van der Waals surface area contributed by atoms with Crippen LogP contribution in [0, 0.1) is 5.92 Å². The number of methoxy groups -OCH3 is 4. The predicted molar refractivity (Wildman–Crippen MR) is 213 cm³/mol. The minimum absolute atomic E-state index is 0.0609. The van der Waals surface area contributed by atoms with Gasteiger partial charge in [-0.05, 0) is 37.5 Å². The third kappa shape index (κ3) is 9.57. The molecular formula is C43H52N2O15. The number of benzene rings is 3. The lowest BCUT2D eigenvalue weighted by molar-refractivity contribution is -0.298. The molecule has 324 valence electrons. The number of carbonyl (C=O) groups is 4. The number of rotatable bonds is 17. The van der Waals surface area contributed by atoms with Crippen molar-refractivity contribution in [3.8, 4) is 23.0 Å². The Bertz CT molecular complexity index is 1990. The van der Waals surface area contributed by atoms with Crippen molar-refractivity contribution in [2.75, 3.05) is 54.7 Å². The molecule has 2 heterocycles. The van der Waals surface area contributed by atoms with E-state index in [1.54, 1.807) is 61.5 Å². The number of hydrogen-bond donors (Lipinski definition) is 6. The Morgan fingerprint density at radius 3 is 2.12 bits per heavy atom. The van der Waals surface area contributed by atoms with E-state index in [-0.39, 0.29) is 53.6 Å². The van der Waals surface area contributed by atoms with Crippen LogP contribution in [0.2, 0.25) is 0 Å². The van der Waals surface area contributed by atoms with Crippen molar-refractivity contribution in [3.05, 3.63) is 95.1 Å². The van der Waals surface area contributed by atoms with Gasteiger partial charge in [0.1, 0.15) is 58.9 Å². The molecule has 0 unspecified atom stereocenters. The lowest BCUT2D eigenvalue weighted by Gasteiger charge is -2.40. The number of hydrogen-bond acceptors (Lipinski definition) is 15. The second-order valence-corrected chi connectivity index (χ2v) is 14.2. The highest BCUT2D eigenvalue weighted by molar-refractivity contribution is 6.15. The van der Waals surface area contributed by atoms with Crippen LogP contribution in [0.5, 0.6) is 23.0 Å². The Hall–Kier alpha value is -5.56. The number of aliphatic hydroxyl groups is 4. The first-order valence-electron chi connectivity index (χ1n) is 19.3. The maximum absolute atomic E-state index is 14.9. The van der Waals surface area contributed by atoms with Crippen molar-refractivity contribution in [1.29, 1.82) is 0 Å². The molecule has 2 amide bonds. The summed E-state index contributed by atoms with van der Waals surface area (Å²) < 4.78 is 39.5. The first-order valence-corrected chi connectivity index (χ1v) is 19.3. The molecule has 0 aromatic heterocycles. The topological polar surface area (TPSA) is 238 Å². The van der Waals surface area contributed by atoms with Crippen LogP contribution < -0.4 is 29.6 Å². The molecule has 0 aliphatic carbocycles. The molecule has 1 saturated heterocycles. The fourth-order valence-corrected chi connectivity index (χ4v) is 7.30. The third-order valence-corrected chi connectivity index (χ3v) is 10.6. The number of ketones is 1. The normalized spacial score (nSPS) is 25.2. The van der Waals surface area contributed by atoms with Crippen molar-refractivity contribution in [1.82, 2.24) is 10.6 Å². The highest BCUT2D eigenvalue weighted by Crippen LogP contribution is 2.53. The van der Waals surface area contributed by atoms with Gasteiger partial charge < -0.3 is 64.2 Å². The highest BCUT2D eigenvalue weighted by atomic mass is 16.7. The van der Waals surface area contributed by atoms with Crippen LogP contribution in [0.1, 0.15) is 47.2 Å². The Morgan fingerprint density at radius 2 is 1.50 bits per heavy atom. The lowest BCUT2D eigenvalue weighted by Crippen LogP contribution is -2.59. The maximum Gasteiger partial charge on any atom is 0.355 e. The molecule has 0 spiro atoms. The number of amides is 2. The zero-order chi connectivity index (χ0) is 43.6. The third-order valence-electron chi connectivity index (χ3n) is 10.6. The standard InChI is InChI=1S/C43H52N2O15/c1-24(17-20-58-41-38(50)37(49)35(47)31(23-46)59-41)39(51)44-18-9-10-19-45-40(52)33-34(25-11-7-6-8-12-25)43(42(53)57-5,26-13-15-27(54-2)16-14-26)60-30-22-28(55-3)21-29(56-4)32(30)36(33)48/h6-8,11-17,21-22,31,33-35,37-38,41,46-47,49-50H,9-10,18-20,23H2,1-5H3,(H,44,51)(H,45,52)/b24-17+/t31-,33-,34-,35-,37+,38-,41-,43-/m1/s1. The Morgan fingerprint density at radius 1 is 0.833 bits per heavy atom. The van der Waals surface area contributed by atoms with Gasteiger partial charge in [-0.25, -0.2) is 4.79 Å². The van der Waals surface area contributed by atoms with Gasteiger partial charge in [0.15, 0.2) is 12.1 Å². The largest absolute Gasteiger partial charge is 0.497 e. The molecule has 3 aromatic rings. The molecular weight excluding hydrogens is 784 g/mol. The van der Waals surface area contributed by atoms with Crippen LogP contribution in [0.25, 0.3) is 0 Å². The quantitative estimate of drug-likeness (QED) is 0.0490. The number of ether oxygens (including phenoxy) is 7. The predicted octanol–water partition coefficient (Wildman–Crippen LogP) is 1.53. The first-order chi connectivity index (χ1) is 28.9. The van der Waals surface area contributed by atoms with Crippen LogP contribution in [0.15, 0.2) is 78.4 Å². The average molecular weight is 837 g/mol. The van der Waals surface area contributed by atoms with Gasteiger partial charge in [0.2, 0.25) is 17.4 Å². The van der Waals surface area contributed by atoms with E-state index in [0.29, 0.717) is 24.2 Å². The summed E-state index contributed by atoms with van der Waals surface area (Å²) in [5.41, 5.74) is -1.17. The fraction of sp³-hybridized carbons (Fsp3) is 0.442. The molecule has 3 aromatic carbocycles. The summed E-state index contributed by atoms with van der Waals surface area (Å²) in [6.45, 7) is 1.09. The van der Waals surface area contributed by atoms with E-state index in [1.165, 1.54) is 46.6 Å². The van der Waals surface area contributed by atoms with Crippen LogP contribution in [-0.2, 0) is 34.2 Å². The molecule has 17 nitrogen and oxygen atoms in total. The van der Waals surface area contributed by atoms with E-state index in [1.807, 2.05) is 0 Å². The molecule has 5 rings (SSSR count). The van der Waals surface area contributed by atoms with Crippen molar-refractivity contribution in [3.63, 3.8) is 0 Å². The van der Waals surface area contributed by atoms with Crippen LogP contribution in [-0.4, -0.2) is 129 Å². The maximum atomic E-state index is 14.9. The van der Waals surface area contributed by atoms with E-state index in [4.69, 9.17) is 33.2 Å². The highest BCUT2D eigenvalue weighted by Gasteiger charge is 2.60. The molecule has 0 radical (unpaired) electrons. The summed E-state index contributed by atoms with van der Waals surface area (Å²) >= 11 is 0. The van der Waals surface area contributed by atoms with E-state index in [9.17, 15) is 39.6 Å². The van der Waals surface area contributed by atoms with Crippen molar-refractivity contribution in [2.24, 2.45) is 5.92 Å². The SMILES string of the molecule is COC(=O)[C@]1(c2ccc(OC)cc2)Oc2cc(OC)cc(OC)c2C(=O)[C@H](C(=O)NCCCCNC(=O)/C(C)=C/CO[C@@H]2O[C@H](CO)[C@@H](O)[C@H](O)[C@H]2O)[C@H]1c1ccccc1. The molecule has 1 fully saturated rings. The van der Waals surface area contributed by atoms with Crippen LogP contribution in [0.4, 0.5) is 0 Å². The van der Waals surface area contributed by atoms with Gasteiger partial charge in [-0.3, -0.25) is 14.4 Å². The molecule has 2 aliphatic rings. The van der Waals surface area contributed by atoms with Gasteiger partial charge >= 0.3 is 5.97 Å². The van der Waals surface area contributed by atoms with E-state index in [2.05, 4.69) is 10.6 Å². The molecule has 17 heteroatoms.